The Morgan fingerprint density at radius 2 is 2.18 bits per heavy atom. The molecule has 1 heterocycles. The number of hydroxylamine groups is 2. The van der Waals surface area contributed by atoms with Gasteiger partial charge < -0.3 is 9.84 Å². The van der Waals surface area contributed by atoms with Crippen LogP contribution in [0.25, 0.3) is 0 Å². The fourth-order valence-electron chi connectivity index (χ4n) is 1.69. The zero-order valence-electron chi connectivity index (χ0n) is 9.63. The first kappa shape index (κ1) is 11.9. The number of hydrogen-bond donors (Lipinski definition) is 1. The van der Waals surface area contributed by atoms with Gasteiger partial charge in [-0.05, 0) is 17.7 Å². The Labute approximate surface area is 99.5 Å². The van der Waals surface area contributed by atoms with E-state index in [1.54, 1.807) is 7.11 Å². The molecular weight excluding hydrogens is 222 g/mol. The maximum atomic E-state index is 11.5. The molecule has 1 aromatic rings. The van der Waals surface area contributed by atoms with E-state index in [2.05, 4.69) is 0 Å². The largest absolute Gasteiger partial charge is 0.497 e. The smallest absolute Gasteiger partial charge is 0.249 e. The van der Waals surface area contributed by atoms with Gasteiger partial charge in [0.25, 0.3) is 0 Å². The Balaban J connectivity index is 1.98. The van der Waals surface area contributed by atoms with Gasteiger partial charge in [-0.15, -0.1) is 0 Å². The fraction of sp³-hybridized carbons (Fsp3) is 0.417. The van der Waals surface area contributed by atoms with Crippen LogP contribution in [0.1, 0.15) is 12.0 Å². The summed E-state index contributed by atoms with van der Waals surface area (Å²) in [7, 11) is 1.61. The van der Waals surface area contributed by atoms with Crippen molar-refractivity contribution in [3.63, 3.8) is 0 Å². The van der Waals surface area contributed by atoms with Gasteiger partial charge in [-0.2, -0.15) is 0 Å². The van der Waals surface area contributed by atoms with Gasteiger partial charge >= 0.3 is 0 Å². The van der Waals surface area contributed by atoms with Crippen molar-refractivity contribution in [1.82, 2.24) is 5.06 Å². The monoisotopic (exact) mass is 237 g/mol. The summed E-state index contributed by atoms with van der Waals surface area (Å²) in [5.41, 5.74) is 0.956. The number of carbonyl (C=O) groups is 1. The van der Waals surface area contributed by atoms with Crippen LogP contribution >= 0.6 is 0 Å². The number of nitrogens with zero attached hydrogens (tertiary/aromatic N) is 1. The molecule has 1 atom stereocenters. The Morgan fingerprint density at radius 1 is 1.47 bits per heavy atom. The van der Waals surface area contributed by atoms with Crippen LogP contribution in [0.5, 0.6) is 5.75 Å². The molecule has 1 amide bonds. The molecule has 92 valence electrons. The van der Waals surface area contributed by atoms with Gasteiger partial charge in [0.1, 0.15) is 11.9 Å². The molecule has 5 nitrogen and oxygen atoms in total. The maximum absolute atomic E-state index is 11.5. The van der Waals surface area contributed by atoms with Gasteiger partial charge in [0.15, 0.2) is 0 Å². The molecule has 1 unspecified atom stereocenters. The van der Waals surface area contributed by atoms with Crippen molar-refractivity contribution in [2.24, 2.45) is 0 Å². The first-order chi connectivity index (χ1) is 8.22. The number of ether oxygens (including phenoxy) is 1. The van der Waals surface area contributed by atoms with E-state index < -0.39 is 6.10 Å². The molecule has 1 fully saturated rings. The lowest BCUT2D eigenvalue weighted by Crippen LogP contribution is -2.23. The van der Waals surface area contributed by atoms with Crippen molar-refractivity contribution < 1.29 is 19.5 Å². The average molecular weight is 237 g/mol. The van der Waals surface area contributed by atoms with Gasteiger partial charge in [0, 0.05) is 0 Å². The molecule has 1 saturated heterocycles. The third kappa shape index (κ3) is 2.75. The summed E-state index contributed by atoms with van der Waals surface area (Å²) in [5, 5.41) is 10.2. The summed E-state index contributed by atoms with van der Waals surface area (Å²) in [6.45, 7) is 0.254. The second-order valence-electron chi connectivity index (χ2n) is 3.89. The molecule has 1 aliphatic heterocycles. The molecule has 0 spiro atoms. The van der Waals surface area contributed by atoms with Crippen molar-refractivity contribution in [2.75, 3.05) is 13.7 Å². The Hall–Kier alpha value is -1.59. The van der Waals surface area contributed by atoms with E-state index in [0.717, 1.165) is 11.3 Å². The zero-order valence-corrected chi connectivity index (χ0v) is 9.63. The highest BCUT2D eigenvalue weighted by molar-refractivity contribution is 5.77. The van der Waals surface area contributed by atoms with Crippen molar-refractivity contribution in [2.45, 2.75) is 19.1 Å². The fourth-order valence-corrected chi connectivity index (χ4v) is 1.69. The van der Waals surface area contributed by atoms with Crippen molar-refractivity contribution in [1.29, 1.82) is 0 Å². The molecule has 0 saturated carbocycles. The van der Waals surface area contributed by atoms with Crippen LogP contribution in [0.15, 0.2) is 24.3 Å². The lowest BCUT2D eigenvalue weighted by Gasteiger charge is -2.15. The summed E-state index contributed by atoms with van der Waals surface area (Å²) in [6, 6.07) is 7.42. The summed E-state index contributed by atoms with van der Waals surface area (Å²) in [6.07, 6.45) is -0.159. The van der Waals surface area contributed by atoms with Gasteiger partial charge in [0.05, 0.1) is 26.7 Å². The highest BCUT2D eigenvalue weighted by Gasteiger charge is 2.30. The van der Waals surface area contributed by atoms with E-state index in [-0.39, 0.29) is 18.9 Å². The molecule has 1 N–H and O–H groups in total. The Kier molecular flexibility index (Phi) is 3.61. The van der Waals surface area contributed by atoms with Crippen molar-refractivity contribution in [3.05, 3.63) is 29.8 Å². The number of amides is 1. The number of methoxy groups -OCH3 is 1. The van der Waals surface area contributed by atoms with Gasteiger partial charge in [-0.3, -0.25) is 9.63 Å². The van der Waals surface area contributed by atoms with Gasteiger partial charge in [0.2, 0.25) is 5.91 Å². The maximum Gasteiger partial charge on any atom is 0.249 e. The first-order valence-electron chi connectivity index (χ1n) is 5.44. The van der Waals surface area contributed by atoms with E-state index in [1.165, 1.54) is 5.06 Å². The average Bonchev–Trinajstić information content (AvgIpc) is 2.71. The third-order valence-electron chi connectivity index (χ3n) is 2.65. The Bertz CT molecular complexity index is 390. The normalized spacial score (nSPS) is 19.8. The van der Waals surface area contributed by atoms with E-state index in [0.29, 0.717) is 6.54 Å². The molecule has 0 aliphatic carbocycles. The minimum absolute atomic E-state index is 0.0973. The summed E-state index contributed by atoms with van der Waals surface area (Å²) < 4.78 is 5.05. The highest BCUT2D eigenvalue weighted by Crippen LogP contribution is 2.19. The SMILES string of the molecule is COc1ccc(CN2OC(CO)CC2=O)cc1. The number of aliphatic hydroxyl groups excluding tert-OH is 1. The van der Waals surface area contributed by atoms with E-state index in [1.807, 2.05) is 24.3 Å². The van der Waals surface area contributed by atoms with Crippen LogP contribution < -0.4 is 4.74 Å². The number of carbonyl (C=O) groups excluding carboxylic acids is 1. The second kappa shape index (κ2) is 5.16. The topological polar surface area (TPSA) is 59.0 Å². The number of benzene rings is 1. The molecule has 5 heteroatoms. The molecular formula is C12H15NO4. The minimum atomic E-state index is -0.402. The van der Waals surface area contributed by atoms with Crippen LogP contribution in [0.4, 0.5) is 0 Å². The predicted molar refractivity (Wildman–Crippen MR) is 60.1 cm³/mol. The zero-order chi connectivity index (χ0) is 12.3. The molecule has 1 aliphatic rings. The van der Waals surface area contributed by atoms with E-state index in [9.17, 15) is 4.79 Å². The molecule has 0 radical (unpaired) electrons. The minimum Gasteiger partial charge on any atom is -0.497 e. The number of rotatable bonds is 4. The lowest BCUT2D eigenvalue weighted by molar-refractivity contribution is -0.180. The summed E-state index contributed by atoms with van der Waals surface area (Å²) in [4.78, 5) is 16.8. The van der Waals surface area contributed by atoms with Crippen LogP contribution in [-0.2, 0) is 16.2 Å². The molecule has 1 aromatic carbocycles. The van der Waals surface area contributed by atoms with Crippen LogP contribution in [0, 0.1) is 0 Å². The van der Waals surface area contributed by atoms with E-state index in [4.69, 9.17) is 14.7 Å². The molecule has 17 heavy (non-hydrogen) atoms. The molecule has 2 rings (SSSR count). The summed E-state index contributed by atoms with van der Waals surface area (Å²) in [5.74, 6) is 0.676. The van der Waals surface area contributed by atoms with Crippen LogP contribution in [-0.4, -0.2) is 35.9 Å². The molecule has 0 aromatic heterocycles. The van der Waals surface area contributed by atoms with Crippen LogP contribution in [0.3, 0.4) is 0 Å². The first-order valence-corrected chi connectivity index (χ1v) is 5.44. The van der Waals surface area contributed by atoms with Gasteiger partial charge in [-0.1, -0.05) is 12.1 Å². The van der Waals surface area contributed by atoms with Crippen molar-refractivity contribution in [3.8, 4) is 5.75 Å². The summed E-state index contributed by atoms with van der Waals surface area (Å²) >= 11 is 0. The predicted octanol–water partition coefficient (Wildman–Crippen LogP) is 0.720. The standard InChI is InChI=1S/C12H15NO4/c1-16-10-4-2-9(3-5-10)7-13-12(15)6-11(8-14)17-13/h2-5,11,14H,6-8H2,1H3. The van der Waals surface area contributed by atoms with Crippen molar-refractivity contribution >= 4 is 5.91 Å². The lowest BCUT2D eigenvalue weighted by atomic mass is 10.2. The third-order valence-corrected chi connectivity index (χ3v) is 2.65. The second-order valence-corrected chi connectivity index (χ2v) is 3.89. The Morgan fingerprint density at radius 3 is 2.71 bits per heavy atom. The number of aliphatic hydroxyl groups is 1. The molecule has 0 bridgehead atoms. The quantitative estimate of drug-likeness (QED) is 0.838. The number of hydrogen-bond acceptors (Lipinski definition) is 4. The van der Waals surface area contributed by atoms with Gasteiger partial charge in [-0.25, -0.2) is 5.06 Å². The van der Waals surface area contributed by atoms with Crippen LogP contribution in [0.2, 0.25) is 0 Å². The highest BCUT2D eigenvalue weighted by atomic mass is 16.7. The van der Waals surface area contributed by atoms with E-state index >= 15 is 0 Å².